The second kappa shape index (κ2) is 13.8. The third-order valence-electron chi connectivity index (χ3n) is 6.27. The van der Waals surface area contributed by atoms with E-state index in [0.29, 0.717) is 57.4 Å². The molecule has 3 rings (SSSR count). The van der Waals surface area contributed by atoms with E-state index in [4.69, 9.17) is 5.73 Å². The minimum atomic E-state index is 0. The van der Waals surface area contributed by atoms with Crippen LogP contribution in [0.3, 0.4) is 0 Å². The molecule has 1 aliphatic heterocycles. The van der Waals surface area contributed by atoms with Gasteiger partial charge in [-0.1, -0.05) is 26.3 Å². The van der Waals surface area contributed by atoms with E-state index >= 15 is 0 Å². The number of anilines is 1. The zero-order valence-corrected chi connectivity index (χ0v) is 22.5. The van der Waals surface area contributed by atoms with Gasteiger partial charge in [-0.2, -0.15) is 0 Å². The van der Waals surface area contributed by atoms with E-state index in [2.05, 4.69) is 42.4 Å². The van der Waals surface area contributed by atoms with Crippen molar-refractivity contribution in [2.75, 3.05) is 38.0 Å². The summed E-state index contributed by atoms with van der Waals surface area (Å²) in [7, 11) is 0. The Labute approximate surface area is 215 Å². The van der Waals surface area contributed by atoms with Crippen molar-refractivity contribution >= 4 is 47.4 Å². The predicted molar refractivity (Wildman–Crippen MR) is 145 cm³/mol. The first-order valence-corrected chi connectivity index (χ1v) is 12.2. The zero-order chi connectivity index (χ0) is 22.9. The fourth-order valence-corrected chi connectivity index (χ4v) is 4.44. The predicted octanol–water partition coefficient (Wildman–Crippen LogP) is 3.80. The van der Waals surface area contributed by atoms with Crippen LogP contribution in [0.5, 0.6) is 0 Å². The van der Waals surface area contributed by atoms with Crippen molar-refractivity contribution in [1.29, 1.82) is 0 Å². The van der Waals surface area contributed by atoms with Gasteiger partial charge in [0.15, 0.2) is 5.96 Å². The number of carbonyl (C=O) groups is 2. The summed E-state index contributed by atoms with van der Waals surface area (Å²) in [5.41, 5.74) is 9.88. The number of guanidine groups is 1. The first kappa shape index (κ1) is 27.4. The monoisotopic (exact) mass is 569 g/mol. The Morgan fingerprint density at radius 3 is 2.36 bits per heavy atom. The molecule has 1 aliphatic carbocycles. The highest BCUT2D eigenvalue weighted by atomic mass is 127. The van der Waals surface area contributed by atoms with Crippen LogP contribution >= 0.6 is 24.0 Å². The average molecular weight is 570 g/mol. The molecular weight excluding hydrogens is 529 g/mol. The Kier molecular flexibility index (Phi) is 11.4. The summed E-state index contributed by atoms with van der Waals surface area (Å²) in [5, 5.41) is 3.18. The summed E-state index contributed by atoms with van der Waals surface area (Å²) >= 11 is 0. The molecule has 0 unspecified atom stereocenters. The minimum absolute atomic E-state index is 0. The number of fused-ring (bicyclic) bond motifs is 1. The first-order chi connectivity index (χ1) is 15.4. The quantitative estimate of drug-likeness (QED) is 0.205. The van der Waals surface area contributed by atoms with Crippen LogP contribution in [0.15, 0.2) is 23.2 Å². The molecule has 1 aromatic carbocycles. The number of hydrogen-bond acceptors (Lipinski definition) is 3. The smallest absolute Gasteiger partial charge is 0.222 e. The van der Waals surface area contributed by atoms with Crippen LogP contribution in [0.25, 0.3) is 0 Å². The van der Waals surface area contributed by atoms with E-state index in [0.717, 1.165) is 31.4 Å². The number of carbonyl (C=O) groups excluding carboxylic acids is 2. The fourth-order valence-electron chi connectivity index (χ4n) is 4.44. The molecule has 7 nitrogen and oxygen atoms in total. The second-order valence-corrected chi connectivity index (χ2v) is 9.40. The third kappa shape index (κ3) is 8.79. The molecule has 0 bridgehead atoms. The number of unbranched alkanes of at least 4 members (excludes halogenated alkanes) is 2. The molecule has 184 valence electrons. The first-order valence-electron chi connectivity index (χ1n) is 12.2. The molecule has 3 N–H and O–H groups in total. The Morgan fingerprint density at radius 2 is 1.67 bits per heavy atom. The molecule has 1 aromatic rings. The summed E-state index contributed by atoms with van der Waals surface area (Å²) in [6.45, 7) is 7.39. The number of hydrogen-bond donors (Lipinski definition) is 2. The van der Waals surface area contributed by atoms with Crippen molar-refractivity contribution in [2.24, 2.45) is 16.6 Å². The molecule has 2 amide bonds. The number of nitrogens with one attached hydrogen (secondary N) is 1. The number of halogens is 1. The van der Waals surface area contributed by atoms with Gasteiger partial charge < -0.3 is 20.9 Å². The molecule has 1 saturated heterocycles. The van der Waals surface area contributed by atoms with Crippen LogP contribution in [0, 0.1) is 5.92 Å². The lowest BCUT2D eigenvalue weighted by molar-refractivity contribution is -0.140. The van der Waals surface area contributed by atoms with Crippen molar-refractivity contribution in [3.63, 3.8) is 0 Å². The molecule has 0 saturated carbocycles. The highest BCUT2D eigenvalue weighted by Gasteiger charge is 2.23. The molecule has 1 fully saturated rings. The zero-order valence-electron chi connectivity index (χ0n) is 20.1. The lowest BCUT2D eigenvalue weighted by Crippen LogP contribution is -2.50. The molecule has 0 spiro atoms. The number of benzene rings is 1. The number of nitrogens with two attached hydrogens (primary N) is 1. The number of amides is 2. The van der Waals surface area contributed by atoms with Gasteiger partial charge in [0.2, 0.25) is 11.8 Å². The molecule has 0 radical (unpaired) electrons. The van der Waals surface area contributed by atoms with Crippen molar-refractivity contribution < 1.29 is 9.59 Å². The van der Waals surface area contributed by atoms with Gasteiger partial charge in [-0.3, -0.25) is 14.6 Å². The number of nitrogens with zero attached hydrogens (tertiary/aromatic N) is 3. The van der Waals surface area contributed by atoms with Gasteiger partial charge in [0.05, 0.1) is 0 Å². The number of aryl methyl sites for hydroxylation is 2. The standard InChI is InChI=1S/C25H39N5O2.HI/c1-19(2)17-24(32)30-15-13-29(14-16-30)23(31)9-4-3-5-12-27-25(26)28-22-11-10-20-7-6-8-21(20)18-22;/h10-11,18-19H,3-9,12-17H2,1-2H3,(H3,26,27,28);1H. The van der Waals surface area contributed by atoms with Gasteiger partial charge >= 0.3 is 0 Å². The molecule has 2 aliphatic rings. The van der Waals surface area contributed by atoms with Crippen LogP contribution in [0.1, 0.15) is 63.5 Å². The summed E-state index contributed by atoms with van der Waals surface area (Å²) in [6.07, 6.45) is 7.43. The van der Waals surface area contributed by atoms with Crippen molar-refractivity contribution in [2.45, 2.75) is 65.2 Å². The van der Waals surface area contributed by atoms with Crippen LogP contribution in [-0.2, 0) is 22.4 Å². The highest BCUT2D eigenvalue weighted by Crippen LogP contribution is 2.24. The summed E-state index contributed by atoms with van der Waals surface area (Å²) in [4.78, 5) is 32.8. The van der Waals surface area contributed by atoms with E-state index < -0.39 is 0 Å². The van der Waals surface area contributed by atoms with Crippen molar-refractivity contribution in [3.05, 3.63) is 29.3 Å². The van der Waals surface area contributed by atoms with E-state index in [1.54, 1.807) is 0 Å². The van der Waals surface area contributed by atoms with Crippen molar-refractivity contribution in [1.82, 2.24) is 9.80 Å². The van der Waals surface area contributed by atoms with Crippen molar-refractivity contribution in [3.8, 4) is 0 Å². The van der Waals surface area contributed by atoms with E-state index in [1.165, 1.54) is 24.0 Å². The van der Waals surface area contributed by atoms with E-state index in [1.807, 2.05) is 9.80 Å². The fraction of sp³-hybridized carbons (Fsp3) is 0.640. The molecular formula is C25H40IN5O2. The van der Waals surface area contributed by atoms with Crippen LogP contribution in [-0.4, -0.2) is 60.3 Å². The Morgan fingerprint density at radius 1 is 1.00 bits per heavy atom. The Bertz CT molecular complexity index is 819. The number of rotatable bonds is 9. The average Bonchev–Trinajstić information content (AvgIpc) is 3.23. The summed E-state index contributed by atoms with van der Waals surface area (Å²) in [6, 6.07) is 6.42. The number of piperazine rings is 1. The molecule has 8 heteroatoms. The number of aliphatic imine (C=N–C) groups is 1. The molecule has 0 atom stereocenters. The lowest BCUT2D eigenvalue weighted by Gasteiger charge is -2.35. The van der Waals surface area contributed by atoms with E-state index in [9.17, 15) is 9.59 Å². The van der Waals surface area contributed by atoms with Crippen LogP contribution < -0.4 is 11.1 Å². The molecule has 1 heterocycles. The Balaban J connectivity index is 0.00000385. The lowest BCUT2D eigenvalue weighted by atomic mass is 10.1. The van der Waals surface area contributed by atoms with Gasteiger partial charge in [-0.25, -0.2) is 0 Å². The normalized spacial score (nSPS) is 15.9. The highest BCUT2D eigenvalue weighted by molar-refractivity contribution is 14.0. The summed E-state index contributed by atoms with van der Waals surface area (Å²) < 4.78 is 0. The Hall–Kier alpha value is -1.84. The van der Waals surface area contributed by atoms with Crippen LogP contribution in [0.4, 0.5) is 5.69 Å². The topological polar surface area (TPSA) is 91.0 Å². The third-order valence-corrected chi connectivity index (χ3v) is 6.27. The molecule has 33 heavy (non-hydrogen) atoms. The van der Waals surface area contributed by atoms with Gasteiger partial charge in [0.25, 0.3) is 0 Å². The largest absolute Gasteiger partial charge is 0.370 e. The maximum atomic E-state index is 12.4. The minimum Gasteiger partial charge on any atom is -0.370 e. The SMILES string of the molecule is CC(C)CC(=O)N1CCN(C(=O)CCCCCN=C(N)Nc2ccc3c(c2)CCC3)CC1.I. The van der Waals surface area contributed by atoms with Gasteiger partial charge in [-0.15, -0.1) is 24.0 Å². The van der Waals surface area contributed by atoms with Gasteiger partial charge in [0, 0.05) is 51.3 Å². The van der Waals surface area contributed by atoms with E-state index in [-0.39, 0.29) is 35.8 Å². The second-order valence-electron chi connectivity index (χ2n) is 9.40. The summed E-state index contributed by atoms with van der Waals surface area (Å²) in [5.74, 6) is 1.22. The van der Waals surface area contributed by atoms with Gasteiger partial charge in [-0.05, 0) is 61.3 Å². The van der Waals surface area contributed by atoms with Gasteiger partial charge in [0.1, 0.15) is 0 Å². The maximum Gasteiger partial charge on any atom is 0.222 e. The molecule has 0 aromatic heterocycles. The van der Waals surface area contributed by atoms with Crippen LogP contribution in [0.2, 0.25) is 0 Å². The maximum absolute atomic E-state index is 12.4.